The molecule has 0 radical (unpaired) electrons. The van der Waals surface area contributed by atoms with E-state index in [9.17, 15) is 4.79 Å². The van der Waals surface area contributed by atoms with Gasteiger partial charge in [-0.25, -0.2) is 0 Å². The van der Waals surface area contributed by atoms with Crippen molar-refractivity contribution in [3.05, 3.63) is 44.5 Å². The molecule has 0 aromatic carbocycles. The van der Waals surface area contributed by atoms with Crippen molar-refractivity contribution in [2.24, 2.45) is 7.05 Å². The fourth-order valence-electron chi connectivity index (χ4n) is 1.69. The number of aryl methyl sites for hydroxylation is 2. The molecule has 0 bridgehead atoms. The van der Waals surface area contributed by atoms with Crippen molar-refractivity contribution in [1.82, 2.24) is 14.3 Å². The van der Waals surface area contributed by atoms with Gasteiger partial charge in [0.05, 0.1) is 22.4 Å². The topological polar surface area (TPSA) is 65.8 Å². The quantitative estimate of drug-likeness (QED) is 0.908. The number of nitrogens with two attached hydrogens (primary N) is 1. The first-order valence-corrected chi connectivity index (χ1v) is 5.92. The lowest BCUT2D eigenvalue weighted by Crippen LogP contribution is -2.21. The van der Waals surface area contributed by atoms with Crippen LogP contribution < -0.4 is 11.3 Å². The van der Waals surface area contributed by atoms with Crippen molar-refractivity contribution < 1.29 is 0 Å². The predicted molar refractivity (Wildman–Crippen MR) is 69.9 cm³/mol. The highest BCUT2D eigenvalue weighted by Crippen LogP contribution is 2.20. The first kappa shape index (κ1) is 11.9. The smallest absolute Gasteiger partial charge is 0.251 e. The Morgan fingerprint density at radius 3 is 2.76 bits per heavy atom. The van der Waals surface area contributed by atoms with Gasteiger partial charge in [-0.2, -0.15) is 5.10 Å². The molecule has 0 aliphatic rings. The number of anilines is 1. The Hall–Kier alpha value is -1.56. The van der Waals surface area contributed by atoms with Gasteiger partial charge in [-0.1, -0.05) is 0 Å². The third-order valence-corrected chi connectivity index (χ3v) is 3.62. The highest BCUT2D eigenvalue weighted by molar-refractivity contribution is 9.10. The van der Waals surface area contributed by atoms with E-state index in [1.54, 1.807) is 21.5 Å². The second kappa shape index (κ2) is 4.37. The van der Waals surface area contributed by atoms with Gasteiger partial charge in [-0.15, -0.1) is 0 Å². The average molecular weight is 297 g/mol. The maximum Gasteiger partial charge on any atom is 0.251 e. The Labute approximate surface area is 107 Å². The van der Waals surface area contributed by atoms with Crippen LogP contribution in [0.25, 0.3) is 0 Å². The molecule has 5 nitrogen and oxygen atoms in total. The SMILES string of the molecule is Cc1nn(C)c(Cn2cc(N)ccc2=O)c1Br. The van der Waals surface area contributed by atoms with Gasteiger partial charge in [0.2, 0.25) is 0 Å². The Kier molecular flexibility index (Phi) is 3.06. The van der Waals surface area contributed by atoms with Crippen LogP contribution in [0.2, 0.25) is 0 Å². The number of rotatable bonds is 2. The van der Waals surface area contributed by atoms with E-state index in [0.717, 1.165) is 15.9 Å². The molecule has 2 N–H and O–H groups in total. The standard InChI is InChI=1S/C11H13BrN4O/c1-7-11(12)9(15(2)14-7)6-16-5-8(13)3-4-10(16)17/h3-5H,6,13H2,1-2H3. The van der Waals surface area contributed by atoms with Crippen LogP contribution in [-0.2, 0) is 13.6 Å². The molecule has 0 aliphatic heterocycles. The zero-order valence-electron chi connectivity index (χ0n) is 9.64. The molecule has 0 fully saturated rings. The molecular formula is C11H13BrN4O. The average Bonchev–Trinajstić information content (AvgIpc) is 2.50. The Bertz CT molecular complexity index is 614. The van der Waals surface area contributed by atoms with Gasteiger partial charge >= 0.3 is 0 Å². The lowest BCUT2D eigenvalue weighted by Gasteiger charge is -2.07. The van der Waals surface area contributed by atoms with Crippen LogP contribution >= 0.6 is 15.9 Å². The molecule has 17 heavy (non-hydrogen) atoms. The summed E-state index contributed by atoms with van der Waals surface area (Å²) in [6.45, 7) is 2.36. The fraction of sp³-hybridized carbons (Fsp3) is 0.273. The summed E-state index contributed by atoms with van der Waals surface area (Å²) in [5.74, 6) is 0. The first-order chi connectivity index (χ1) is 7.99. The van der Waals surface area contributed by atoms with Crippen molar-refractivity contribution in [1.29, 1.82) is 0 Å². The molecule has 0 saturated carbocycles. The van der Waals surface area contributed by atoms with E-state index >= 15 is 0 Å². The van der Waals surface area contributed by atoms with Gasteiger partial charge in [-0.3, -0.25) is 9.48 Å². The highest BCUT2D eigenvalue weighted by Gasteiger charge is 2.11. The van der Waals surface area contributed by atoms with Gasteiger partial charge in [0.15, 0.2) is 0 Å². The van der Waals surface area contributed by atoms with E-state index in [-0.39, 0.29) is 5.56 Å². The Balaban J connectivity index is 2.44. The molecule has 0 saturated heterocycles. The summed E-state index contributed by atoms with van der Waals surface area (Å²) >= 11 is 3.47. The third-order valence-electron chi connectivity index (χ3n) is 2.59. The predicted octanol–water partition coefficient (Wildman–Crippen LogP) is 1.28. The van der Waals surface area contributed by atoms with Crippen molar-refractivity contribution >= 4 is 21.6 Å². The van der Waals surface area contributed by atoms with E-state index < -0.39 is 0 Å². The second-order valence-corrected chi connectivity index (χ2v) is 4.69. The molecule has 0 amide bonds. The summed E-state index contributed by atoms with van der Waals surface area (Å²) in [5.41, 5.74) is 8.00. The van der Waals surface area contributed by atoms with Crippen LogP contribution in [0.1, 0.15) is 11.4 Å². The zero-order valence-corrected chi connectivity index (χ0v) is 11.2. The summed E-state index contributed by atoms with van der Waals surface area (Å²) in [7, 11) is 1.85. The Morgan fingerprint density at radius 2 is 2.18 bits per heavy atom. The number of pyridine rings is 1. The summed E-state index contributed by atoms with van der Waals surface area (Å²) in [4.78, 5) is 11.7. The molecular weight excluding hydrogens is 284 g/mol. The molecule has 2 aromatic heterocycles. The van der Waals surface area contributed by atoms with Crippen LogP contribution in [0, 0.1) is 6.92 Å². The van der Waals surface area contributed by atoms with Gasteiger partial charge in [0, 0.05) is 25.0 Å². The van der Waals surface area contributed by atoms with E-state index in [4.69, 9.17) is 5.73 Å². The first-order valence-electron chi connectivity index (χ1n) is 5.13. The summed E-state index contributed by atoms with van der Waals surface area (Å²) in [5, 5.41) is 4.28. The van der Waals surface area contributed by atoms with Crippen LogP contribution in [0.3, 0.4) is 0 Å². The summed E-state index contributed by atoms with van der Waals surface area (Å²) < 4.78 is 4.25. The number of hydrogen-bond donors (Lipinski definition) is 1. The van der Waals surface area contributed by atoms with E-state index in [0.29, 0.717) is 12.2 Å². The van der Waals surface area contributed by atoms with Gasteiger partial charge in [0.25, 0.3) is 5.56 Å². The molecule has 90 valence electrons. The minimum atomic E-state index is -0.0787. The maximum absolute atomic E-state index is 11.7. The minimum Gasteiger partial charge on any atom is -0.398 e. The van der Waals surface area contributed by atoms with Crippen LogP contribution in [0.15, 0.2) is 27.6 Å². The highest BCUT2D eigenvalue weighted by atomic mass is 79.9. The maximum atomic E-state index is 11.7. The second-order valence-electron chi connectivity index (χ2n) is 3.90. The molecule has 2 rings (SSSR count). The summed E-state index contributed by atoms with van der Waals surface area (Å²) in [6.07, 6.45) is 1.64. The van der Waals surface area contributed by atoms with E-state index in [2.05, 4.69) is 21.0 Å². The normalized spacial score (nSPS) is 10.8. The van der Waals surface area contributed by atoms with Gasteiger partial charge in [0.1, 0.15) is 0 Å². The molecule has 2 heterocycles. The van der Waals surface area contributed by atoms with Crippen LogP contribution in [0.4, 0.5) is 5.69 Å². The fourth-order valence-corrected chi connectivity index (χ4v) is 2.15. The van der Waals surface area contributed by atoms with E-state index in [1.807, 2.05) is 14.0 Å². The van der Waals surface area contributed by atoms with Gasteiger partial charge in [-0.05, 0) is 28.9 Å². The molecule has 2 aromatic rings. The lowest BCUT2D eigenvalue weighted by atomic mass is 10.3. The van der Waals surface area contributed by atoms with E-state index in [1.165, 1.54) is 6.07 Å². The molecule has 6 heteroatoms. The molecule has 0 spiro atoms. The van der Waals surface area contributed by atoms with Crippen molar-refractivity contribution in [3.8, 4) is 0 Å². The number of aromatic nitrogens is 3. The van der Waals surface area contributed by atoms with Gasteiger partial charge < -0.3 is 10.3 Å². The largest absolute Gasteiger partial charge is 0.398 e. The monoisotopic (exact) mass is 296 g/mol. The lowest BCUT2D eigenvalue weighted by molar-refractivity contribution is 0.650. The Morgan fingerprint density at radius 1 is 1.47 bits per heavy atom. The summed E-state index contributed by atoms with van der Waals surface area (Å²) in [6, 6.07) is 3.06. The van der Waals surface area contributed by atoms with Crippen molar-refractivity contribution in [3.63, 3.8) is 0 Å². The number of nitrogens with zero attached hydrogens (tertiary/aromatic N) is 3. The number of nitrogen functional groups attached to an aromatic ring is 1. The van der Waals surface area contributed by atoms with Crippen molar-refractivity contribution in [2.45, 2.75) is 13.5 Å². The third kappa shape index (κ3) is 2.26. The molecule has 0 atom stereocenters. The minimum absolute atomic E-state index is 0.0787. The molecule has 0 unspecified atom stereocenters. The molecule has 0 aliphatic carbocycles. The number of halogens is 1. The van der Waals surface area contributed by atoms with Crippen LogP contribution in [-0.4, -0.2) is 14.3 Å². The van der Waals surface area contributed by atoms with Crippen molar-refractivity contribution in [2.75, 3.05) is 5.73 Å². The number of hydrogen-bond acceptors (Lipinski definition) is 3. The zero-order chi connectivity index (χ0) is 12.6. The van der Waals surface area contributed by atoms with Crippen LogP contribution in [0.5, 0.6) is 0 Å².